The van der Waals surface area contributed by atoms with Crippen LogP contribution < -0.4 is 11.1 Å². The molecule has 0 heterocycles. The molecule has 5 heteroatoms. The first-order valence-corrected chi connectivity index (χ1v) is 6.98. The zero-order chi connectivity index (χ0) is 13.1. The average Bonchev–Trinajstić information content (AvgIpc) is 3.14. The van der Waals surface area contributed by atoms with Gasteiger partial charge in [0.2, 0.25) is 5.91 Å². The SMILES string of the molecule is CCN(CC(=O)Nc1ccc(N)cc1Br)C1CC1. The van der Waals surface area contributed by atoms with E-state index >= 15 is 0 Å². The van der Waals surface area contributed by atoms with Crippen LogP contribution in [0.2, 0.25) is 0 Å². The van der Waals surface area contributed by atoms with Gasteiger partial charge in [0.25, 0.3) is 0 Å². The molecule has 0 aromatic heterocycles. The normalized spacial score (nSPS) is 14.8. The molecule has 1 amide bonds. The van der Waals surface area contributed by atoms with Crippen LogP contribution in [0.15, 0.2) is 22.7 Å². The van der Waals surface area contributed by atoms with Gasteiger partial charge in [0, 0.05) is 16.2 Å². The molecule has 1 fully saturated rings. The third-order valence-electron chi connectivity index (χ3n) is 3.08. The van der Waals surface area contributed by atoms with E-state index in [-0.39, 0.29) is 5.91 Å². The fourth-order valence-corrected chi connectivity index (χ4v) is 2.44. The molecule has 4 nitrogen and oxygen atoms in total. The molecular weight excluding hydrogens is 294 g/mol. The molecule has 0 atom stereocenters. The maximum atomic E-state index is 11.9. The first-order chi connectivity index (χ1) is 8.60. The van der Waals surface area contributed by atoms with Crippen molar-refractivity contribution in [1.29, 1.82) is 0 Å². The van der Waals surface area contributed by atoms with Crippen molar-refractivity contribution in [2.24, 2.45) is 0 Å². The van der Waals surface area contributed by atoms with Crippen LogP contribution in [0.3, 0.4) is 0 Å². The van der Waals surface area contributed by atoms with Gasteiger partial charge in [0.1, 0.15) is 0 Å². The molecule has 1 aromatic carbocycles. The van der Waals surface area contributed by atoms with Crippen LogP contribution >= 0.6 is 15.9 Å². The van der Waals surface area contributed by atoms with Crippen LogP contribution in [-0.4, -0.2) is 29.9 Å². The van der Waals surface area contributed by atoms with Gasteiger partial charge in [0.05, 0.1) is 12.2 Å². The second-order valence-corrected chi connectivity index (χ2v) is 5.44. The van der Waals surface area contributed by atoms with Crippen molar-refractivity contribution in [3.63, 3.8) is 0 Å². The summed E-state index contributed by atoms with van der Waals surface area (Å²) in [5.74, 6) is 0.0224. The fourth-order valence-electron chi connectivity index (χ4n) is 1.95. The van der Waals surface area contributed by atoms with E-state index in [1.807, 2.05) is 6.07 Å². The maximum absolute atomic E-state index is 11.9. The van der Waals surface area contributed by atoms with Gasteiger partial charge in [-0.1, -0.05) is 6.92 Å². The molecule has 0 radical (unpaired) electrons. The molecule has 98 valence electrons. The number of hydrogen-bond acceptors (Lipinski definition) is 3. The minimum absolute atomic E-state index is 0.0224. The van der Waals surface area contributed by atoms with Gasteiger partial charge in [0.15, 0.2) is 0 Å². The minimum atomic E-state index is 0.0224. The number of hydrogen-bond donors (Lipinski definition) is 2. The zero-order valence-electron chi connectivity index (χ0n) is 10.4. The Bertz CT molecular complexity index is 446. The molecule has 1 aliphatic carbocycles. The van der Waals surface area contributed by atoms with E-state index in [4.69, 9.17) is 5.73 Å². The second kappa shape index (κ2) is 5.71. The number of amides is 1. The van der Waals surface area contributed by atoms with E-state index in [9.17, 15) is 4.79 Å². The molecule has 0 saturated heterocycles. The number of carbonyl (C=O) groups is 1. The number of likely N-dealkylation sites (N-methyl/N-ethyl adjacent to an activating group) is 1. The van der Waals surface area contributed by atoms with Crippen LogP contribution in [0.5, 0.6) is 0 Å². The van der Waals surface area contributed by atoms with Crippen molar-refractivity contribution in [2.45, 2.75) is 25.8 Å². The Balaban J connectivity index is 1.93. The molecule has 0 unspecified atom stereocenters. The maximum Gasteiger partial charge on any atom is 0.238 e. The van der Waals surface area contributed by atoms with Gasteiger partial charge in [-0.25, -0.2) is 0 Å². The lowest BCUT2D eigenvalue weighted by molar-refractivity contribution is -0.117. The third kappa shape index (κ3) is 3.46. The monoisotopic (exact) mass is 311 g/mol. The van der Waals surface area contributed by atoms with Crippen molar-refractivity contribution < 1.29 is 4.79 Å². The highest BCUT2D eigenvalue weighted by atomic mass is 79.9. The molecule has 0 aliphatic heterocycles. The Kier molecular flexibility index (Phi) is 4.24. The number of anilines is 2. The van der Waals surface area contributed by atoms with Crippen LogP contribution in [0, 0.1) is 0 Å². The van der Waals surface area contributed by atoms with E-state index in [1.165, 1.54) is 12.8 Å². The molecule has 0 bridgehead atoms. The molecule has 0 spiro atoms. The number of nitrogen functional groups attached to an aromatic ring is 1. The van der Waals surface area contributed by atoms with E-state index < -0.39 is 0 Å². The van der Waals surface area contributed by atoms with Gasteiger partial charge < -0.3 is 11.1 Å². The summed E-state index contributed by atoms with van der Waals surface area (Å²) in [5.41, 5.74) is 7.10. The summed E-state index contributed by atoms with van der Waals surface area (Å²) in [6.45, 7) is 3.46. The van der Waals surface area contributed by atoms with Crippen molar-refractivity contribution >= 4 is 33.2 Å². The molecule has 1 saturated carbocycles. The van der Waals surface area contributed by atoms with E-state index in [2.05, 4.69) is 33.1 Å². The summed E-state index contributed by atoms with van der Waals surface area (Å²) in [7, 11) is 0. The predicted molar refractivity (Wildman–Crippen MR) is 77.5 cm³/mol. The smallest absolute Gasteiger partial charge is 0.238 e. The van der Waals surface area contributed by atoms with Crippen LogP contribution in [0.1, 0.15) is 19.8 Å². The zero-order valence-corrected chi connectivity index (χ0v) is 12.0. The van der Waals surface area contributed by atoms with E-state index in [0.29, 0.717) is 18.3 Å². The summed E-state index contributed by atoms with van der Waals surface area (Å²) >= 11 is 3.39. The quantitative estimate of drug-likeness (QED) is 0.821. The summed E-state index contributed by atoms with van der Waals surface area (Å²) in [5, 5.41) is 2.90. The van der Waals surface area contributed by atoms with E-state index in [0.717, 1.165) is 16.7 Å². The standard InChI is InChI=1S/C13H18BrN3O/c1-2-17(10-4-5-10)8-13(18)16-12-6-3-9(15)7-11(12)14/h3,6-7,10H,2,4-5,8,15H2,1H3,(H,16,18). The summed E-state index contributed by atoms with van der Waals surface area (Å²) in [4.78, 5) is 14.2. The Morgan fingerprint density at radius 3 is 2.83 bits per heavy atom. The molecule has 1 aromatic rings. The number of nitrogens with two attached hydrogens (primary N) is 1. The highest BCUT2D eigenvalue weighted by Crippen LogP contribution is 2.27. The van der Waals surface area contributed by atoms with Crippen LogP contribution in [0.25, 0.3) is 0 Å². The van der Waals surface area contributed by atoms with Crippen molar-refractivity contribution in [1.82, 2.24) is 4.90 Å². The third-order valence-corrected chi connectivity index (χ3v) is 3.74. The van der Waals surface area contributed by atoms with Gasteiger partial charge >= 0.3 is 0 Å². The highest BCUT2D eigenvalue weighted by Gasteiger charge is 2.28. The number of rotatable bonds is 5. The average molecular weight is 312 g/mol. The Labute approximate surface area is 116 Å². The molecule has 2 rings (SSSR count). The first-order valence-electron chi connectivity index (χ1n) is 6.19. The largest absolute Gasteiger partial charge is 0.399 e. The summed E-state index contributed by atoms with van der Waals surface area (Å²) < 4.78 is 0.810. The minimum Gasteiger partial charge on any atom is -0.399 e. The first kappa shape index (κ1) is 13.4. The molecule has 3 N–H and O–H groups in total. The molecule has 1 aliphatic rings. The number of benzene rings is 1. The van der Waals surface area contributed by atoms with Crippen molar-refractivity contribution in [2.75, 3.05) is 24.1 Å². The van der Waals surface area contributed by atoms with Crippen molar-refractivity contribution in [3.05, 3.63) is 22.7 Å². The predicted octanol–water partition coefficient (Wildman–Crippen LogP) is 2.45. The van der Waals surface area contributed by atoms with Crippen molar-refractivity contribution in [3.8, 4) is 0 Å². The number of halogens is 1. The topological polar surface area (TPSA) is 58.4 Å². The fraction of sp³-hybridized carbons (Fsp3) is 0.462. The number of carbonyl (C=O) groups excluding carboxylic acids is 1. The highest BCUT2D eigenvalue weighted by molar-refractivity contribution is 9.10. The van der Waals surface area contributed by atoms with E-state index in [1.54, 1.807) is 12.1 Å². The van der Waals surface area contributed by atoms with Crippen LogP contribution in [-0.2, 0) is 4.79 Å². The lowest BCUT2D eigenvalue weighted by Crippen LogP contribution is -2.34. The van der Waals surface area contributed by atoms with Gasteiger partial charge in [-0.2, -0.15) is 0 Å². The Morgan fingerprint density at radius 1 is 1.56 bits per heavy atom. The Morgan fingerprint density at radius 2 is 2.28 bits per heavy atom. The van der Waals surface area contributed by atoms with Crippen LogP contribution in [0.4, 0.5) is 11.4 Å². The van der Waals surface area contributed by atoms with Gasteiger partial charge in [-0.15, -0.1) is 0 Å². The summed E-state index contributed by atoms with van der Waals surface area (Å²) in [6, 6.07) is 5.98. The lowest BCUT2D eigenvalue weighted by Gasteiger charge is -2.19. The van der Waals surface area contributed by atoms with Gasteiger partial charge in [-0.05, 0) is 53.5 Å². The summed E-state index contributed by atoms with van der Waals surface area (Å²) in [6.07, 6.45) is 2.43. The number of nitrogens with one attached hydrogen (secondary N) is 1. The lowest BCUT2D eigenvalue weighted by atomic mass is 10.3. The number of nitrogens with zero attached hydrogens (tertiary/aromatic N) is 1. The second-order valence-electron chi connectivity index (χ2n) is 4.58. The molecular formula is C13H18BrN3O. The Hall–Kier alpha value is -1.07. The molecule has 18 heavy (non-hydrogen) atoms. The van der Waals surface area contributed by atoms with Gasteiger partial charge in [-0.3, -0.25) is 9.69 Å².